The van der Waals surface area contributed by atoms with Gasteiger partial charge >= 0.3 is 0 Å². The molecule has 2 atom stereocenters. The maximum absolute atomic E-state index is 11.5. The van der Waals surface area contributed by atoms with Crippen LogP contribution in [0.1, 0.15) is 109 Å². The summed E-state index contributed by atoms with van der Waals surface area (Å²) < 4.78 is 11.5. The standard InChI is InChI=1S/C23H44O3/c1-2-3-4-5-6-7-8-9-10-11-12-15-19-26-23-17-14-13-16-22(24)21-25-20-18-23/h22-23H,1-21H2. The third-order valence-electron chi connectivity index (χ3n) is 5.44. The molecule has 1 fully saturated rings. The molecule has 0 spiro atoms. The molecule has 3 heteroatoms. The summed E-state index contributed by atoms with van der Waals surface area (Å²) in [6.07, 6.45) is 20.8. The molecule has 2 radical (unpaired) electrons. The fourth-order valence-electron chi connectivity index (χ4n) is 3.69. The first-order valence-electron chi connectivity index (χ1n) is 11.5. The third-order valence-corrected chi connectivity index (χ3v) is 5.44. The summed E-state index contributed by atoms with van der Waals surface area (Å²) in [6, 6.07) is 0. The number of unbranched alkanes of at least 4 members (excludes halogenated alkanes) is 11. The van der Waals surface area contributed by atoms with E-state index in [1.165, 1.54) is 70.6 Å². The maximum atomic E-state index is 11.5. The number of rotatable bonds is 14. The molecule has 0 aromatic heterocycles. The normalized spacial score (nSPS) is 22.4. The molecule has 154 valence electrons. The van der Waals surface area contributed by atoms with Crippen LogP contribution >= 0.6 is 0 Å². The molecular formula is C23H44O3. The Morgan fingerprint density at radius 1 is 0.769 bits per heavy atom. The number of hydrogen-bond donors (Lipinski definition) is 0. The Balaban J connectivity index is 1.85. The van der Waals surface area contributed by atoms with E-state index < -0.39 is 6.10 Å². The molecule has 1 rings (SSSR count). The van der Waals surface area contributed by atoms with E-state index in [-0.39, 0.29) is 0 Å². The van der Waals surface area contributed by atoms with Crippen LogP contribution in [0.2, 0.25) is 0 Å². The number of hydrogen-bond acceptors (Lipinski definition) is 2. The van der Waals surface area contributed by atoms with Crippen molar-refractivity contribution in [1.29, 1.82) is 0 Å². The smallest absolute Gasteiger partial charge is 0.116 e. The van der Waals surface area contributed by atoms with Crippen molar-refractivity contribution in [2.24, 2.45) is 0 Å². The van der Waals surface area contributed by atoms with Crippen LogP contribution in [0.4, 0.5) is 0 Å². The molecule has 0 N–H and O–H groups in total. The first-order valence-corrected chi connectivity index (χ1v) is 11.5. The van der Waals surface area contributed by atoms with Crippen LogP contribution in [-0.2, 0) is 14.6 Å². The fraction of sp³-hybridized carbons (Fsp3) is 0.957. The van der Waals surface area contributed by atoms with Crippen molar-refractivity contribution in [1.82, 2.24) is 0 Å². The monoisotopic (exact) mass is 368 g/mol. The van der Waals surface area contributed by atoms with E-state index in [0.717, 1.165) is 45.1 Å². The highest BCUT2D eigenvalue weighted by molar-refractivity contribution is 4.63. The van der Waals surface area contributed by atoms with Gasteiger partial charge in [-0.2, -0.15) is 0 Å². The predicted octanol–water partition coefficient (Wildman–Crippen LogP) is 6.67. The largest absolute Gasteiger partial charge is 0.379 e. The lowest BCUT2D eigenvalue weighted by Crippen LogP contribution is -2.21. The maximum Gasteiger partial charge on any atom is 0.116 e. The van der Waals surface area contributed by atoms with Gasteiger partial charge in [-0.1, -0.05) is 90.4 Å². The molecule has 1 aliphatic rings. The van der Waals surface area contributed by atoms with E-state index in [1.807, 2.05) is 0 Å². The van der Waals surface area contributed by atoms with E-state index in [9.17, 15) is 5.11 Å². The second kappa shape index (κ2) is 18.3. The van der Waals surface area contributed by atoms with Crippen LogP contribution in [0.15, 0.2) is 0 Å². The first kappa shape index (κ1) is 23.9. The van der Waals surface area contributed by atoms with Crippen molar-refractivity contribution >= 4 is 0 Å². The van der Waals surface area contributed by atoms with Crippen molar-refractivity contribution < 1.29 is 14.6 Å². The molecule has 0 aromatic carbocycles. The molecular weight excluding hydrogens is 324 g/mol. The first-order chi connectivity index (χ1) is 12.8. The van der Waals surface area contributed by atoms with Gasteiger partial charge in [-0.25, -0.2) is 5.11 Å². The van der Waals surface area contributed by atoms with Gasteiger partial charge in [0.05, 0.1) is 12.7 Å². The molecule has 0 bridgehead atoms. The minimum atomic E-state index is -0.522. The zero-order chi connectivity index (χ0) is 18.7. The molecule has 1 aliphatic heterocycles. The summed E-state index contributed by atoms with van der Waals surface area (Å²) in [5.74, 6) is 0. The van der Waals surface area contributed by atoms with Crippen molar-refractivity contribution in [2.45, 2.75) is 121 Å². The van der Waals surface area contributed by atoms with Gasteiger partial charge in [0.15, 0.2) is 0 Å². The van der Waals surface area contributed by atoms with E-state index >= 15 is 0 Å². The summed E-state index contributed by atoms with van der Waals surface area (Å²) in [5.41, 5.74) is 0. The molecule has 26 heavy (non-hydrogen) atoms. The van der Waals surface area contributed by atoms with Crippen molar-refractivity contribution in [3.05, 3.63) is 6.92 Å². The molecule has 0 aromatic rings. The second-order valence-corrected chi connectivity index (χ2v) is 8.01. The van der Waals surface area contributed by atoms with Crippen LogP contribution in [0.25, 0.3) is 0 Å². The minimum Gasteiger partial charge on any atom is -0.379 e. The zero-order valence-electron chi connectivity index (χ0n) is 17.2. The van der Waals surface area contributed by atoms with E-state index in [0.29, 0.717) is 19.3 Å². The van der Waals surface area contributed by atoms with Crippen LogP contribution in [-0.4, -0.2) is 32.0 Å². The molecule has 3 nitrogen and oxygen atoms in total. The van der Waals surface area contributed by atoms with E-state index in [2.05, 4.69) is 6.92 Å². The van der Waals surface area contributed by atoms with Crippen LogP contribution in [0, 0.1) is 6.92 Å². The highest BCUT2D eigenvalue weighted by atomic mass is 16.5. The Bertz CT molecular complexity index is 271. The van der Waals surface area contributed by atoms with Crippen molar-refractivity contribution in [2.75, 3.05) is 19.8 Å². The van der Waals surface area contributed by atoms with Gasteiger partial charge in [-0.05, 0) is 25.7 Å². The predicted molar refractivity (Wildman–Crippen MR) is 109 cm³/mol. The summed E-state index contributed by atoms with van der Waals surface area (Å²) >= 11 is 0. The molecule has 0 aliphatic carbocycles. The molecule has 1 saturated heterocycles. The van der Waals surface area contributed by atoms with Crippen molar-refractivity contribution in [3.8, 4) is 0 Å². The van der Waals surface area contributed by atoms with Gasteiger partial charge in [0.2, 0.25) is 0 Å². The molecule has 0 saturated carbocycles. The van der Waals surface area contributed by atoms with Crippen LogP contribution in [0.3, 0.4) is 0 Å². The summed E-state index contributed by atoms with van der Waals surface area (Å²) in [7, 11) is 0. The Labute approximate surface area is 163 Å². The van der Waals surface area contributed by atoms with E-state index in [1.54, 1.807) is 0 Å². The highest BCUT2D eigenvalue weighted by Gasteiger charge is 2.14. The Morgan fingerprint density at radius 3 is 2.00 bits per heavy atom. The van der Waals surface area contributed by atoms with Gasteiger partial charge in [0, 0.05) is 13.2 Å². The number of ether oxygens (including phenoxy) is 2. The summed E-state index contributed by atoms with van der Waals surface area (Å²) in [6.45, 7) is 5.84. The second-order valence-electron chi connectivity index (χ2n) is 8.01. The molecule has 0 amide bonds. The summed E-state index contributed by atoms with van der Waals surface area (Å²) in [5, 5.41) is 11.5. The SMILES string of the molecule is [CH2]CCCCCCCCCCCCCOC1CCCCC([O])COCC1. The van der Waals surface area contributed by atoms with Gasteiger partial charge < -0.3 is 9.47 Å². The van der Waals surface area contributed by atoms with Gasteiger partial charge in [0.25, 0.3) is 0 Å². The van der Waals surface area contributed by atoms with Crippen molar-refractivity contribution in [3.63, 3.8) is 0 Å². The Hall–Kier alpha value is -0.120. The van der Waals surface area contributed by atoms with Gasteiger partial charge in [-0.3, -0.25) is 0 Å². The molecule has 2 unspecified atom stereocenters. The highest BCUT2D eigenvalue weighted by Crippen LogP contribution is 2.16. The average molecular weight is 369 g/mol. The average Bonchev–Trinajstić information content (AvgIpc) is 2.65. The van der Waals surface area contributed by atoms with Gasteiger partial charge in [-0.15, -0.1) is 0 Å². The minimum absolute atomic E-state index is 0.335. The zero-order valence-corrected chi connectivity index (χ0v) is 17.2. The third kappa shape index (κ3) is 15.0. The van der Waals surface area contributed by atoms with E-state index in [4.69, 9.17) is 9.47 Å². The lowest BCUT2D eigenvalue weighted by molar-refractivity contribution is -0.0346. The Kier molecular flexibility index (Phi) is 16.8. The topological polar surface area (TPSA) is 38.4 Å². The molecule has 1 heterocycles. The quantitative estimate of drug-likeness (QED) is 0.321. The van der Waals surface area contributed by atoms with Gasteiger partial charge in [0.1, 0.15) is 6.10 Å². The summed E-state index contributed by atoms with van der Waals surface area (Å²) in [4.78, 5) is 0. The lowest BCUT2D eigenvalue weighted by Gasteiger charge is -2.20. The van der Waals surface area contributed by atoms with Crippen LogP contribution < -0.4 is 0 Å². The lowest BCUT2D eigenvalue weighted by atomic mass is 10.0. The van der Waals surface area contributed by atoms with Crippen LogP contribution in [0.5, 0.6) is 0 Å². The fourth-order valence-corrected chi connectivity index (χ4v) is 3.69. The Morgan fingerprint density at radius 2 is 1.35 bits per heavy atom.